The van der Waals surface area contributed by atoms with Gasteiger partial charge in [0, 0.05) is 5.56 Å². The Morgan fingerprint density at radius 2 is 1.80 bits per heavy atom. The number of benzene rings is 1. The lowest BCUT2D eigenvalue weighted by Gasteiger charge is -2.34. The lowest BCUT2D eigenvalue weighted by Crippen LogP contribution is -2.55. The van der Waals surface area contributed by atoms with Gasteiger partial charge in [0.15, 0.2) is 0 Å². The molecule has 0 radical (unpaired) electrons. The molecule has 0 aliphatic heterocycles. The summed E-state index contributed by atoms with van der Waals surface area (Å²) in [4.78, 5) is 23.5. The maximum Gasteiger partial charge on any atom is 0.329 e. The number of phenols is 1. The molecular formula is C15H19NO4. The highest BCUT2D eigenvalue weighted by Gasteiger charge is 2.40. The first-order valence-electron chi connectivity index (χ1n) is 6.85. The fourth-order valence-corrected chi connectivity index (χ4v) is 2.69. The van der Waals surface area contributed by atoms with Gasteiger partial charge in [-0.15, -0.1) is 0 Å². The quantitative estimate of drug-likeness (QED) is 0.783. The molecule has 0 heterocycles. The summed E-state index contributed by atoms with van der Waals surface area (Å²) in [6.45, 7) is 0. The summed E-state index contributed by atoms with van der Waals surface area (Å²) in [5.74, 6) is -1.28. The smallest absolute Gasteiger partial charge is 0.329 e. The molecule has 0 bridgehead atoms. The van der Waals surface area contributed by atoms with Crippen LogP contribution in [0.3, 0.4) is 0 Å². The lowest BCUT2D eigenvalue weighted by atomic mass is 9.81. The molecule has 0 saturated heterocycles. The molecule has 1 aromatic rings. The first kappa shape index (κ1) is 14.4. The fourth-order valence-electron chi connectivity index (χ4n) is 2.69. The van der Waals surface area contributed by atoms with Crippen LogP contribution in [0.4, 0.5) is 0 Å². The molecule has 1 fully saturated rings. The van der Waals surface area contributed by atoms with E-state index in [2.05, 4.69) is 5.32 Å². The van der Waals surface area contributed by atoms with E-state index in [4.69, 9.17) is 0 Å². The summed E-state index contributed by atoms with van der Waals surface area (Å²) in [5.41, 5.74) is -0.638. The van der Waals surface area contributed by atoms with Gasteiger partial charge in [-0.05, 0) is 18.9 Å². The number of aromatic hydroxyl groups is 1. The summed E-state index contributed by atoms with van der Waals surface area (Å²) in [5, 5.41) is 21.7. The highest BCUT2D eigenvalue weighted by molar-refractivity contribution is 5.88. The van der Waals surface area contributed by atoms with Gasteiger partial charge in [-0.3, -0.25) is 4.79 Å². The van der Waals surface area contributed by atoms with E-state index in [1.807, 2.05) is 0 Å². The summed E-state index contributed by atoms with van der Waals surface area (Å²) >= 11 is 0. The number of hydrogen-bond donors (Lipinski definition) is 3. The monoisotopic (exact) mass is 277 g/mol. The van der Waals surface area contributed by atoms with Gasteiger partial charge in [-0.1, -0.05) is 37.5 Å². The van der Waals surface area contributed by atoms with Crippen LogP contribution in [-0.2, 0) is 16.0 Å². The van der Waals surface area contributed by atoms with Crippen molar-refractivity contribution in [1.82, 2.24) is 5.32 Å². The Morgan fingerprint density at radius 3 is 2.40 bits per heavy atom. The molecule has 2 rings (SSSR count). The van der Waals surface area contributed by atoms with Crippen LogP contribution in [0.2, 0.25) is 0 Å². The maximum atomic E-state index is 12.1. The van der Waals surface area contributed by atoms with Crippen LogP contribution in [0.5, 0.6) is 5.75 Å². The Kier molecular flexibility index (Phi) is 4.27. The van der Waals surface area contributed by atoms with Gasteiger partial charge in [0.05, 0.1) is 6.42 Å². The predicted octanol–water partition coefficient (Wildman–Crippen LogP) is 1.84. The van der Waals surface area contributed by atoms with Gasteiger partial charge in [0.25, 0.3) is 0 Å². The van der Waals surface area contributed by atoms with Crippen molar-refractivity contribution in [3.63, 3.8) is 0 Å². The number of carbonyl (C=O) groups excluding carboxylic acids is 1. The van der Waals surface area contributed by atoms with E-state index < -0.39 is 11.5 Å². The second-order valence-electron chi connectivity index (χ2n) is 5.30. The zero-order chi connectivity index (χ0) is 14.6. The SMILES string of the molecule is O=C(Cc1ccccc1O)NC1(C(=O)O)CCCCC1. The molecule has 0 atom stereocenters. The Bertz CT molecular complexity index is 506. The van der Waals surface area contributed by atoms with E-state index >= 15 is 0 Å². The number of aliphatic carboxylic acids is 1. The number of carboxylic acids is 1. The Hall–Kier alpha value is -2.04. The zero-order valence-electron chi connectivity index (χ0n) is 11.3. The lowest BCUT2D eigenvalue weighted by molar-refractivity contribution is -0.149. The fraction of sp³-hybridized carbons (Fsp3) is 0.467. The molecule has 3 N–H and O–H groups in total. The van der Waals surface area contributed by atoms with Crippen LogP contribution in [0.25, 0.3) is 0 Å². The highest BCUT2D eigenvalue weighted by Crippen LogP contribution is 2.28. The molecule has 20 heavy (non-hydrogen) atoms. The molecule has 1 aliphatic carbocycles. The van der Waals surface area contributed by atoms with E-state index in [9.17, 15) is 19.8 Å². The van der Waals surface area contributed by atoms with Gasteiger partial charge < -0.3 is 15.5 Å². The highest BCUT2D eigenvalue weighted by atomic mass is 16.4. The third-order valence-corrected chi connectivity index (χ3v) is 3.84. The number of para-hydroxylation sites is 1. The molecule has 108 valence electrons. The molecule has 5 nitrogen and oxygen atoms in total. The van der Waals surface area contributed by atoms with Crippen LogP contribution in [0, 0.1) is 0 Å². The first-order valence-corrected chi connectivity index (χ1v) is 6.85. The van der Waals surface area contributed by atoms with Crippen molar-refractivity contribution in [3.05, 3.63) is 29.8 Å². The Balaban J connectivity index is 2.06. The summed E-state index contributed by atoms with van der Waals surface area (Å²) in [7, 11) is 0. The molecular weight excluding hydrogens is 258 g/mol. The number of amides is 1. The number of nitrogens with one attached hydrogen (secondary N) is 1. The van der Waals surface area contributed by atoms with E-state index in [-0.39, 0.29) is 18.1 Å². The van der Waals surface area contributed by atoms with Crippen LogP contribution < -0.4 is 5.32 Å². The van der Waals surface area contributed by atoms with Gasteiger partial charge in [0.2, 0.25) is 5.91 Å². The topological polar surface area (TPSA) is 86.6 Å². The van der Waals surface area contributed by atoms with Crippen molar-refractivity contribution in [3.8, 4) is 5.75 Å². The molecule has 0 aromatic heterocycles. The predicted molar refractivity (Wildman–Crippen MR) is 73.4 cm³/mol. The average Bonchev–Trinajstić information content (AvgIpc) is 2.42. The van der Waals surface area contributed by atoms with Gasteiger partial charge >= 0.3 is 5.97 Å². The minimum atomic E-state index is -1.14. The number of carbonyl (C=O) groups is 2. The minimum absolute atomic E-state index is 0.0122. The number of rotatable bonds is 4. The second kappa shape index (κ2) is 5.94. The van der Waals surface area contributed by atoms with Crippen LogP contribution in [0.15, 0.2) is 24.3 Å². The molecule has 1 aliphatic rings. The number of phenolic OH excluding ortho intramolecular Hbond substituents is 1. The van der Waals surface area contributed by atoms with E-state index in [1.54, 1.807) is 18.2 Å². The van der Waals surface area contributed by atoms with Crippen molar-refractivity contribution in [2.24, 2.45) is 0 Å². The van der Waals surface area contributed by atoms with Crippen molar-refractivity contribution in [1.29, 1.82) is 0 Å². The summed E-state index contributed by atoms with van der Waals surface area (Å²) in [6, 6.07) is 6.58. The van der Waals surface area contributed by atoms with Crippen LogP contribution in [0.1, 0.15) is 37.7 Å². The molecule has 0 spiro atoms. The van der Waals surface area contributed by atoms with E-state index in [1.165, 1.54) is 6.07 Å². The average molecular weight is 277 g/mol. The van der Waals surface area contributed by atoms with Crippen molar-refractivity contribution < 1.29 is 19.8 Å². The van der Waals surface area contributed by atoms with Crippen LogP contribution >= 0.6 is 0 Å². The molecule has 1 amide bonds. The van der Waals surface area contributed by atoms with Crippen LogP contribution in [-0.4, -0.2) is 27.6 Å². The Labute approximate surface area is 117 Å². The third-order valence-electron chi connectivity index (χ3n) is 3.84. The normalized spacial score (nSPS) is 17.4. The zero-order valence-corrected chi connectivity index (χ0v) is 11.3. The molecule has 0 unspecified atom stereocenters. The summed E-state index contributed by atoms with van der Waals surface area (Å²) in [6.07, 6.45) is 3.54. The van der Waals surface area contributed by atoms with Gasteiger partial charge in [-0.2, -0.15) is 0 Å². The minimum Gasteiger partial charge on any atom is -0.508 e. The molecule has 1 aromatic carbocycles. The third kappa shape index (κ3) is 3.10. The maximum absolute atomic E-state index is 12.1. The summed E-state index contributed by atoms with van der Waals surface area (Å²) < 4.78 is 0. The van der Waals surface area contributed by atoms with Crippen molar-refractivity contribution >= 4 is 11.9 Å². The molecule has 1 saturated carbocycles. The van der Waals surface area contributed by atoms with Crippen molar-refractivity contribution in [2.45, 2.75) is 44.1 Å². The number of carboxylic acid groups (broad SMARTS) is 1. The number of hydrogen-bond acceptors (Lipinski definition) is 3. The standard InChI is InChI=1S/C15H19NO4/c17-12-7-3-2-6-11(12)10-13(18)16-15(14(19)20)8-4-1-5-9-15/h2-3,6-7,17H,1,4-5,8-10H2,(H,16,18)(H,19,20). The van der Waals surface area contributed by atoms with Crippen molar-refractivity contribution in [2.75, 3.05) is 0 Å². The first-order chi connectivity index (χ1) is 9.53. The van der Waals surface area contributed by atoms with E-state index in [0.29, 0.717) is 18.4 Å². The van der Waals surface area contributed by atoms with E-state index in [0.717, 1.165) is 19.3 Å². The Morgan fingerprint density at radius 1 is 1.15 bits per heavy atom. The second-order valence-corrected chi connectivity index (χ2v) is 5.30. The van der Waals surface area contributed by atoms with Gasteiger partial charge in [0.1, 0.15) is 11.3 Å². The van der Waals surface area contributed by atoms with Gasteiger partial charge in [-0.25, -0.2) is 4.79 Å². The largest absolute Gasteiger partial charge is 0.508 e. The molecule has 5 heteroatoms.